The fraction of sp³-hybridized carbons (Fsp3) is 0.310. The van der Waals surface area contributed by atoms with Crippen molar-refractivity contribution in [3.05, 3.63) is 72.6 Å². The highest BCUT2D eigenvalue weighted by molar-refractivity contribution is 5.98. The van der Waals surface area contributed by atoms with E-state index in [0.717, 1.165) is 61.3 Å². The molecule has 2 aliphatic rings. The SMILES string of the molecule is C=CC(=O)N1CCCC(n2nc(-c3ccc(CN4CCc5cc(OC)ccc54)cc3)c3c(N)ncnc32)C1. The number of benzene rings is 2. The Kier molecular flexibility index (Phi) is 6.19. The molecule has 2 aromatic carbocycles. The first-order valence-corrected chi connectivity index (χ1v) is 13.0. The Morgan fingerprint density at radius 2 is 2.03 bits per heavy atom. The normalized spacial score (nSPS) is 17.0. The van der Waals surface area contributed by atoms with Crippen LogP contribution in [0.2, 0.25) is 0 Å². The lowest BCUT2D eigenvalue weighted by atomic mass is 10.1. The van der Waals surface area contributed by atoms with Crippen molar-refractivity contribution < 1.29 is 9.53 Å². The third-order valence-corrected chi connectivity index (χ3v) is 7.63. The number of ether oxygens (including phenoxy) is 1. The van der Waals surface area contributed by atoms with Gasteiger partial charge in [0, 0.05) is 37.4 Å². The zero-order chi connectivity index (χ0) is 26.2. The number of methoxy groups -OCH3 is 1. The van der Waals surface area contributed by atoms with Gasteiger partial charge in [0.05, 0.1) is 18.5 Å². The van der Waals surface area contributed by atoms with E-state index in [1.165, 1.54) is 29.2 Å². The molecule has 2 aromatic heterocycles. The third kappa shape index (κ3) is 4.23. The van der Waals surface area contributed by atoms with E-state index < -0.39 is 0 Å². The molecular formula is C29H31N7O2. The van der Waals surface area contributed by atoms with E-state index in [1.54, 1.807) is 7.11 Å². The number of carbonyl (C=O) groups excluding carboxylic acids is 1. The molecule has 6 rings (SSSR count). The van der Waals surface area contributed by atoms with Gasteiger partial charge in [0.2, 0.25) is 5.91 Å². The number of aromatic nitrogens is 4. The average molecular weight is 510 g/mol. The van der Waals surface area contributed by atoms with Crippen LogP contribution in [0.3, 0.4) is 0 Å². The van der Waals surface area contributed by atoms with E-state index in [4.69, 9.17) is 15.6 Å². The average Bonchev–Trinajstić information content (AvgIpc) is 3.55. The Hall–Kier alpha value is -4.40. The van der Waals surface area contributed by atoms with Gasteiger partial charge in [-0.2, -0.15) is 5.10 Å². The lowest BCUT2D eigenvalue weighted by Crippen LogP contribution is -2.40. The quantitative estimate of drug-likeness (QED) is 0.392. The summed E-state index contributed by atoms with van der Waals surface area (Å²) < 4.78 is 7.31. The standard InChI is InChI=1S/C29H31N7O2/c1-3-25(37)35-13-4-5-22(17-35)36-29-26(28(30)31-18-32-29)27(33-36)20-8-6-19(7-9-20)16-34-14-12-21-15-23(38-2)10-11-24(21)34/h3,6-11,15,18,22H,1,4-5,12-14,16-17H2,2H3,(H2,30,31,32). The number of amides is 1. The number of rotatable bonds is 6. The lowest BCUT2D eigenvalue weighted by molar-refractivity contribution is -0.127. The molecule has 4 heterocycles. The number of nitrogens with two attached hydrogens (primary N) is 1. The molecule has 4 aromatic rings. The topological polar surface area (TPSA) is 102 Å². The second-order valence-electron chi connectivity index (χ2n) is 9.90. The number of likely N-dealkylation sites (tertiary alicyclic amines) is 1. The van der Waals surface area contributed by atoms with Crippen molar-refractivity contribution in [1.29, 1.82) is 0 Å². The molecule has 9 nitrogen and oxygen atoms in total. The summed E-state index contributed by atoms with van der Waals surface area (Å²) in [5.41, 5.74) is 12.6. The van der Waals surface area contributed by atoms with Gasteiger partial charge in [-0.15, -0.1) is 0 Å². The van der Waals surface area contributed by atoms with E-state index in [-0.39, 0.29) is 11.9 Å². The van der Waals surface area contributed by atoms with Gasteiger partial charge in [-0.3, -0.25) is 4.79 Å². The third-order valence-electron chi connectivity index (χ3n) is 7.63. The summed E-state index contributed by atoms with van der Waals surface area (Å²) in [6, 6.07) is 14.8. The zero-order valence-electron chi connectivity index (χ0n) is 21.5. The molecule has 2 aliphatic heterocycles. The summed E-state index contributed by atoms with van der Waals surface area (Å²) in [7, 11) is 1.70. The van der Waals surface area contributed by atoms with Crippen molar-refractivity contribution in [1.82, 2.24) is 24.6 Å². The van der Waals surface area contributed by atoms with Crippen LogP contribution in [0.25, 0.3) is 22.3 Å². The van der Waals surface area contributed by atoms with E-state index in [0.29, 0.717) is 18.0 Å². The summed E-state index contributed by atoms with van der Waals surface area (Å²) >= 11 is 0. The first kappa shape index (κ1) is 24.0. The second kappa shape index (κ2) is 9.81. The molecule has 1 unspecified atom stereocenters. The predicted molar refractivity (Wildman–Crippen MR) is 148 cm³/mol. The molecule has 0 radical (unpaired) electrons. The maximum atomic E-state index is 12.3. The summed E-state index contributed by atoms with van der Waals surface area (Å²) in [5, 5.41) is 5.74. The minimum absolute atomic E-state index is 0.00586. The van der Waals surface area contributed by atoms with E-state index in [9.17, 15) is 4.79 Å². The van der Waals surface area contributed by atoms with Crippen LogP contribution in [0.15, 0.2) is 61.4 Å². The molecule has 1 fully saturated rings. The predicted octanol–water partition coefficient (Wildman–Crippen LogP) is 4.00. The van der Waals surface area contributed by atoms with Crippen LogP contribution in [0.4, 0.5) is 11.5 Å². The molecule has 0 spiro atoms. The van der Waals surface area contributed by atoms with Gasteiger partial charge in [-0.05, 0) is 54.7 Å². The molecule has 1 saturated heterocycles. The van der Waals surface area contributed by atoms with Crippen LogP contribution in [-0.4, -0.2) is 57.3 Å². The van der Waals surface area contributed by atoms with Gasteiger partial charge in [0.25, 0.3) is 0 Å². The second-order valence-corrected chi connectivity index (χ2v) is 9.90. The Morgan fingerprint density at radius 3 is 2.82 bits per heavy atom. The maximum Gasteiger partial charge on any atom is 0.246 e. The Labute approximate surface area is 221 Å². The smallest absolute Gasteiger partial charge is 0.246 e. The first-order chi connectivity index (χ1) is 18.6. The van der Waals surface area contributed by atoms with Gasteiger partial charge >= 0.3 is 0 Å². The van der Waals surface area contributed by atoms with Crippen molar-refractivity contribution in [3.8, 4) is 17.0 Å². The van der Waals surface area contributed by atoms with Crippen LogP contribution >= 0.6 is 0 Å². The monoisotopic (exact) mass is 509 g/mol. The molecule has 9 heteroatoms. The van der Waals surface area contributed by atoms with E-state index in [2.05, 4.69) is 57.8 Å². The molecule has 0 saturated carbocycles. The van der Waals surface area contributed by atoms with Crippen molar-refractivity contribution in [2.24, 2.45) is 0 Å². The number of carbonyl (C=O) groups is 1. The van der Waals surface area contributed by atoms with Crippen LogP contribution in [0.1, 0.15) is 30.0 Å². The number of nitrogen functional groups attached to an aromatic ring is 1. The summed E-state index contributed by atoms with van der Waals surface area (Å²) in [4.78, 5) is 25.3. The number of fused-ring (bicyclic) bond motifs is 2. The van der Waals surface area contributed by atoms with E-state index >= 15 is 0 Å². The number of hydrogen-bond acceptors (Lipinski definition) is 7. The highest BCUT2D eigenvalue weighted by Gasteiger charge is 2.28. The molecule has 2 N–H and O–H groups in total. The van der Waals surface area contributed by atoms with Gasteiger partial charge in [0.1, 0.15) is 23.6 Å². The van der Waals surface area contributed by atoms with Gasteiger partial charge in [-0.1, -0.05) is 30.8 Å². The Morgan fingerprint density at radius 1 is 1.18 bits per heavy atom. The summed E-state index contributed by atoms with van der Waals surface area (Å²) in [5.74, 6) is 1.24. The molecule has 38 heavy (non-hydrogen) atoms. The molecule has 194 valence electrons. The van der Waals surface area contributed by atoms with Gasteiger partial charge in [0.15, 0.2) is 5.65 Å². The van der Waals surface area contributed by atoms with Crippen LogP contribution in [0, 0.1) is 0 Å². The number of anilines is 2. The molecule has 1 amide bonds. The lowest BCUT2D eigenvalue weighted by Gasteiger charge is -2.32. The minimum Gasteiger partial charge on any atom is -0.497 e. The number of piperidine rings is 1. The zero-order valence-corrected chi connectivity index (χ0v) is 21.5. The molecular weight excluding hydrogens is 478 g/mol. The summed E-state index contributed by atoms with van der Waals surface area (Å²) in [6.07, 6.45) is 5.66. The van der Waals surface area contributed by atoms with Crippen LogP contribution < -0.4 is 15.4 Å². The van der Waals surface area contributed by atoms with Crippen molar-refractivity contribution in [2.45, 2.75) is 31.8 Å². The van der Waals surface area contributed by atoms with Gasteiger partial charge in [-0.25, -0.2) is 14.6 Å². The minimum atomic E-state index is -0.0594. The largest absolute Gasteiger partial charge is 0.497 e. The van der Waals surface area contributed by atoms with Crippen molar-refractivity contribution in [3.63, 3.8) is 0 Å². The maximum absolute atomic E-state index is 12.3. The first-order valence-electron chi connectivity index (χ1n) is 13.0. The van der Waals surface area contributed by atoms with Gasteiger partial charge < -0.3 is 20.3 Å². The van der Waals surface area contributed by atoms with E-state index in [1.807, 2.05) is 15.6 Å². The highest BCUT2D eigenvalue weighted by Crippen LogP contribution is 2.35. The summed E-state index contributed by atoms with van der Waals surface area (Å²) in [6.45, 7) is 6.74. The Balaban J connectivity index is 1.28. The fourth-order valence-corrected chi connectivity index (χ4v) is 5.66. The fourth-order valence-electron chi connectivity index (χ4n) is 5.66. The van der Waals surface area contributed by atoms with Crippen LogP contribution in [0.5, 0.6) is 5.75 Å². The van der Waals surface area contributed by atoms with Crippen molar-refractivity contribution >= 4 is 28.4 Å². The van der Waals surface area contributed by atoms with Crippen molar-refractivity contribution in [2.75, 3.05) is 37.4 Å². The molecule has 0 aliphatic carbocycles. The number of nitrogens with zero attached hydrogens (tertiary/aromatic N) is 6. The molecule has 0 bridgehead atoms. The van der Waals surface area contributed by atoms with Crippen LogP contribution in [-0.2, 0) is 17.8 Å². The Bertz CT molecular complexity index is 1510. The number of hydrogen-bond donors (Lipinski definition) is 1. The highest BCUT2D eigenvalue weighted by atomic mass is 16.5. The molecule has 1 atom stereocenters.